The molecule has 0 atom stereocenters. The van der Waals surface area contributed by atoms with Crippen molar-refractivity contribution in [2.24, 2.45) is 0 Å². The van der Waals surface area contributed by atoms with E-state index in [1.807, 2.05) is 0 Å². The Hall–Kier alpha value is -0.860. The van der Waals surface area contributed by atoms with Crippen molar-refractivity contribution in [2.75, 3.05) is 13.1 Å². The first-order valence-corrected chi connectivity index (χ1v) is 7.76. The van der Waals surface area contributed by atoms with Crippen LogP contribution < -0.4 is 0 Å². The predicted molar refractivity (Wildman–Crippen MR) is 68.9 cm³/mol. The van der Waals surface area contributed by atoms with Crippen molar-refractivity contribution in [3.8, 4) is 0 Å². The molecule has 4 nitrogen and oxygen atoms in total. The van der Waals surface area contributed by atoms with Gasteiger partial charge in [-0.05, 0) is 18.1 Å². The third-order valence-corrected chi connectivity index (χ3v) is 4.45. The number of pyridine rings is 1. The Balaban J connectivity index is 3.08. The quantitative estimate of drug-likeness (QED) is 0.754. The van der Waals surface area contributed by atoms with Crippen molar-refractivity contribution in [2.45, 2.75) is 30.4 Å². The van der Waals surface area contributed by atoms with Gasteiger partial charge in [0.1, 0.15) is 6.54 Å². The minimum Gasteiger partial charge on any atom is -0.243 e. The summed E-state index contributed by atoms with van der Waals surface area (Å²) in [5, 5.41) is -0.413. The van der Waals surface area contributed by atoms with Crippen molar-refractivity contribution < 1.29 is 21.6 Å². The van der Waals surface area contributed by atoms with Crippen molar-refractivity contribution in [3.63, 3.8) is 0 Å². The van der Waals surface area contributed by atoms with E-state index in [2.05, 4.69) is 4.98 Å². The van der Waals surface area contributed by atoms with Crippen molar-refractivity contribution in [1.29, 1.82) is 0 Å². The second-order valence-corrected chi connectivity index (χ2v) is 6.24. The van der Waals surface area contributed by atoms with Crippen LogP contribution in [0.25, 0.3) is 0 Å². The molecule has 0 spiro atoms. The predicted octanol–water partition coefficient (Wildman–Crippen LogP) is 2.78. The van der Waals surface area contributed by atoms with Crippen LogP contribution in [-0.4, -0.2) is 37.0 Å². The number of sulfonamides is 1. The van der Waals surface area contributed by atoms with Crippen LogP contribution in [-0.2, 0) is 15.9 Å². The average Bonchev–Trinajstić information content (AvgIpc) is 2.37. The van der Waals surface area contributed by atoms with E-state index < -0.39 is 27.8 Å². The molecule has 0 unspecified atom stereocenters. The van der Waals surface area contributed by atoms with Gasteiger partial charge in [-0.3, -0.25) is 0 Å². The lowest BCUT2D eigenvalue weighted by Gasteiger charge is -2.22. The largest absolute Gasteiger partial charge is 0.402 e. The number of aromatic nitrogens is 1. The van der Waals surface area contributed by atoms with Crippen LogP contribution in [0.3, 0.4) is 0 Å². The highest BCUT2D eigenvalue weighted by Gasteiger charge is 2.37. The molecule has 0 bridgehead atoms. The van der Waals surface area contributed by atoms with Crippen LogP contribution in [0.2, 0.25) is 0 Å². The molecular weight excluding hydrogens is 317 g/mol. The maximum Gasteiger partial charge on any atom is 0.402 e. The summed E-state index contributed by atoms with van der Waals surface area (Å²) in [5.41, 5.74) is 0.587. The monoisotopic (exact) mass is 330 g/mol. The van der Waals surface area contributed by atoms with Crippen molar-refractivity contribution in [1.82, 2.24) is 9.29 Å². The van der Waals surface area contributed by atoms with Crippen LogP contribution in [0.1, 0.15) is 18.9 Å². The molecule has 1 aromatic rings. The van der Waals surface area contributed by atoms with Gasteiger partial charge in [-0.2, -0.15) is 17.5 Å². The van der Waals surface area contributed by atoms with Gasteiger partial charge >= 0.3 is 6.18 Å². The number of rotatable bonds is 6. The summed E-state index contributed by atoms with van der Waals surface area (Å²) in [7, 11) is -4.26. The highest BCUT2D eigenvalue weighted by Crippen LogP contribution is 2.22. The number of halogens is 4. The number of hydrogen-bond acceptors (Lipinski definition) is 3. The van der Waals surface area contributed by atoms with Gasteiger partial charge < -0.3 is 0 Å². The van der Waals surface area contributed by atoms with E-state index in [0.29, 0.717) is 9.87 Å². The molecule has 9 heteroatoms. The molecule has 0 saturated carbocycles. The zero-order valence-electron chi connectivity index (χ0n) is 10.7. The molecule has 0 fully saturated rings. The smallest absolute Gasteiger partial charge is 0.243 e. The van der Waals surface area contributed by atoms with E-state index in [0.717, 1.165) is 6.07 Å². The molecule has 20 heavy (non-hydrogen) atoms. The Morgan fingerprint density at radius 3 is 2.40 bits per heavy atom. The first kappa shape index (κ1) is 17.2. The van der Waals surface area contributed by atoms with Crippen LogP contribution in [0, 0.1) is 0 Å². The highest BCUT2D eigenvalue weighted by molar-refractivity contribution is 7.89. The molecule has 0 aliphatic carbocycles. The topological polar surface area (TPSA) is 50.3 Å². The van der Waals surface area contributed by atoms with Gasteiger partial charge in [0.2, 0.25) is 0 Å². The fraction of sp³-hybridized carbons (Fsp3) is 0.545. The SMILES string of the molecule is CCCN(CC(F)(F)F)S(=O)(=O)c1ccc(CCl)cn1. The van der Waals surface area contributed by atoms with Crippen LogP contribution in [0.5, 0.6) is 0 Å². The van der Waals surface area contributed by atoms with Crippen LogP contribution in [0.4, 0.5) is 13.2 Å². The lowest BCUT2D eigenvalue weighted by atomic mass is 10.3. The zero-order valence-corrected chi connectivity index (χ0v) is 12.3. The van der Waals surface area contributed by atoms with E-state index >= 15 is 0 Å². The first-order valence-electron chi connectivity index (χ1n) is 5.78. The van der Waals surface area contributed by atoms with Gasteiger partial charge in [0.15, 0.2) is 5.03 Å². The number of nitrogens with zero attached hydrogens (tertiary/aromatic N) is 2. The summed E-state index contributed by atoms with van der Waals surface area (Å²) in [4.78, 5) is 3.67. The van der Waals surface area contributed by atoms with Crippen molar-refractivity contribution in [3.05, 3.63) is 23.9 Å². The maximum atomic E-state index is 12.4. The molecule has 0 N–H and O–H groups in total. The first-order chi connectivity index (χ1) is 9.20. The number of alkyl halides is 4. The van der Waals surface area contributed by atoms with Crippen molar-refractivity contribution >= 4 is 21.6 Å². The molecule has 1 rings (SSSR count). The van der Waals surface area contributed by atoms with E-state index in [4.69, 9.17) is 11.6 Å². The summed E-state index contributed by atoms with van der Waals surface area (Å²) in [6.07, 6.45) is -3.09. The highest BCUT2D eigenvalue weighted by atomic mass is 35.5. The Kier molecular flexibility index (Phi) is 5.79. The van der Waals surface area contributed by atoms with E-state index in [1.165, 1.54) is 12.3 Å². The van der Waals surface area contributed by atoms with Gasteiger partial charge in [-0.25, -0.2) is 13.4 Å². The second-order valence-electron chi connectivity index (χ2n) is 4.09. The zero-order chi connectivity index (χ0) is 15.4. The molecular formula is C11H14ClF3N2O2S. The molecule has 0 amide bonds. The Morgan fingerprint density at radius 2 is 2.00 bits per heavy atom. The minimum atomic E-state index is -4.60. The van der Waals surface area contributed by atoms with Gasteiger partial charge in [-0.1, -0.05) is 13.0 Å². The molecule has 0 aliphatic heterocycles. The summed E-state index contributed by atoms with van der Waals surface area (Å²) in [5.74, 6) is 0.147. The normalized spacial score (nSPS) is 12.9. The Morgan fingerprint density at radius 1 is 1.35 bits per heavy atom. The van der Waals surface area contributed by atoms with E-state index in [1.54, 1.807) is 6.92 Å². The van der Waals surface area contributed by atoms with Gasteiger partial charge in [-0.15, -0.1) is 11.6 Å². The van der Waals surface area contributed by atoms with Gasteiger partial charge in [0.25, 0.3) is 10.0 Å². The fourth-order valence-corrected chi connectivity index (χ4v) is 3.10. The Bertz CT molecular complexity index is 532. The molecule has 0 saturated heterocycles. The number of hydrogen-bond donors (Lipinski definition) is 0. The lowest BCUT2D eigenvalue weighted by Crippen LogP contribution is -2.39. The third kappa shape index (κ3) is 4.60. The second kappa shape index (κ2) is 6.73. The Labute approximate surface area is 120 Å². The molecule has 1 aromatic heterocycles. The standard InChI is InChI=1S/C11H14ClF3N2O2S/c1-2-5-17(8-11(13,14)15)20(18,19)10-4-3-9(6-12)7-16-10/h3-4,7H,2,5-6,8H2,1H3. The van der Waals surface area contributed by atoms with E-state index in [9.17, 15) is 21.6 Å². The summed E-state index contributed by atoms with van der Waals surface area (Å²) >= 11 is 5.54. The maximum absolute atomic E-state index is 12.4. The fourth-order valence-electron chi connectivity index (χ4n) is 1.51. The summed E-state index contributed by atoms with van der Waals surface area (Å²) in [6, 6.07) is 2.58. The lowest BCUT2D eigenvalue weighted by molar-refractivity contribution is -0.136. The molecule has 0 aliphatic rings. The molecule has 0 radical (unpaired) electrons. The molecule has 1 heterocycles. The third-order valence-electron chi connectivity index (χ3n) is 2.38. The molecule has 114 valence electrons. The van der Waals surface area contributed by atoms with Crippen LogP contribution >= 0.6 is 11.6 Å². The van der Waals surface area contributed by atoms with Gasteiger partial charge in [0, 0.05) is 18.6 Å². The summed E-state index contributed by atoms with van der Waals surface area (Å²) in [6.45, 7) is -0.147. The minimum absolute atomic E-state index is 0.147. The van der Waals surface area contributed by atoms with Gasteiger partial charge in [0.05, 0.1) is 0 Å². The average molecular weight is 331 g/mol. The molecule has 0 aromatic carbocycles. The summed E-state index contributed by atoms with van der Waals surface area (Å²) < 4.78 is 62.0. The van der Waals surface area contributed by atoms with Crippen LogP contribution in [0.15, 0.2) is 23.4 Å². The van der Waals surface area contributed by atoms with E-state index in [-0.39, 0.29) is 18.8 Å².